The highest BCUT2D eigenvalue weighted by atomic mass is 19.1. The average Bonchev–Trinajstić information content (AvgIpc) is 2.05. The lowest BCUT2D eigenvalue weighted by Crippen LogP contribution is -2.01. The first-order valence-electron chi connectivity index (χ1n) is 3.76. The van der Waals surface area contributed by atoms with Gasteiger partial charge in [0.2, 0.25) is 0 Å². The van der Waals surface area contributed by atoms with E-state index in [1.54, 1.807) is 12.1 Å². The van der Waals surface area contributed by atoms with Crippen LogP contribution in [0.15, 0.2) is 18.2 Å². The molecule has 1 nitrogen and oxygen atoms in total. The number of hydrogen-bond acceptors (Lipinski definition) is 1. The molecule has 0 aliphatic rings. The Morgan fingerprint density at radius 2 is 2.00 bits per heavy atom. The Bertz CT molecular complexity index is 223. The first-order chi connectivity index (χ1) is 5.29. The molecule has 0 bridgehead atoms. The van der Waals surface area contributed by atoms with Gasteiger partial charge >= 0.3 is 0 Å². The standard InChI is InChI=1S/C9H12FN/c1-2-7-4-3-5-8(6-11)9(7)10/h3-5H,2,6,11H2,1H3. The maximum atomic E-state index is 13.2. The van der Waals surface area contributed by atoms with Crippen LogP contribution in [0.5, 0.6) is 0 Å². The third-order valence-corrected chi connectivity index (χ3v) is 1.76. The Balaban J connectivity index is 3.10. The SMILES string of the molecule is CCc1cccc(CN)c1F. The van der Waals surface area contributed by atoms with E-state index in [0.29, 0.717) is 5.56 Å². The normalized spacial score (nSPS) is 10.1. The summed E-state index contributed by atoms with van der Waals surface area (Å²) in [7, 11) is 0. The Morgan fingerprint density at radius 1 is 1.36 bits per heavy atom. The van der Waals surface area contributed by atoms with Gasteiger partial charge in [-0.05, 0) is 12.0 Å². The summed E-state index contributed by atoms with van der Waals surface area (Å²) in [6.45, 7) is 2.21. The first kappa shape index (κ1) is 8.21. The van der Waals surface area contributed by atoms with E-state index in [1.165, 1.54) is 0 Å². The van der Waals surface area contributed by atoms with E-state index < -0.39 is 0 Å². The van der Waals surface area contributed by atoms with Crippen LogP contribution in [0.25, 0.3) is 0 Å². The molecule has 1 aromatic rings. The van der Waals surface area contributed by atoms with Crippen molar-refractivity contribution >= 4 is 0 Å². The second kappa shape index (κ2) is 3.49. The molecule has 0 saturated heterocycles. The van der Waals surface area contributed by atoms with Crippen molar-refractivity contribution in [2.75, 3.05) is 0 Å². The topological polar surface area (TPSA) is 26.0 Å². The van der Waals surface area contributed by atoms with Gasteiger partial charge in [0.05, 0.1) is 0 Å². The summed E-state index contributed by atoms with van der Waals surface area (Å²) in [4.78, 5) is 0. The predicted molar refractivity (Wildman–Crippen MR) is 43.7 cm³/mol. The van der Waals surface area contributed by atoms with E-state index in [9.17, 15) is 4.39 Å². The molecule has 2 heteroatoms. The van der Waals surface area contributed by atoms with Crippen LogP contribution in [0.2, 0.25) is 0 Å². The zero-order valence-electron chi connectivity index (χ0n) is 6.60. The van der Waals surface area contributed by atoms with Crippen LogP contribution in [0.3, 0.4) is 0 Å². The molecule has 2 N–H and O–H groups in total. The van der Waals surface area contributed by atoms with Crippen molar-refractivity contribution in [2.45, 2.75) is 19.9 Å². The Morgan fingerprint density at radius 3 is 2.55 bits per heavy atom. The molecular formula is C9H12FN. The molecule has 1 rings (SSSR count). The summed E-state index contributed by atoms with van der Waals surface area (Å²) in [6.07, 6.45) is 0.722. The van der Waals surface area contributed by atoms with Crippen molar-refractivity contribution in [1.29, 1.82) is 0 Å². The molecule has 0 heterocycles. The van der Waals surface area contributed by atoms with Gasteiger partial charge in [0.15, 0.2) is 0 Å². The van der Waals surface area contributed by atoms with Crippen molar-refractivity contribution in [1.82, 2.24) is 0 Å². The largest absolute Gasteiger partial charge is 0.326 e. The smallest absolute Gasteiger partial charge is 0.130 e. The highest BCUT2D eigenvalue weighted by Crippen LogP contribution is 2.12. The lowest BCUT2D eigenvalue weighted by atomic mass is 10.1. The van der Waals surface area contributed by atoms with Gasteiger partial charge in [-0.1, -0.05) is 25.1 Å². The molecule has 0 unspecified atom stereocenters. The number of benzene rings is 1. The quantitative estimate of drug-likeness (QED) is 0.689. The molecule has 0 spiro atoms. The summed E-state index contributed by atoms with van der Waals surface area (Å²) in [5, 5.41) is 0. The molecule has 0 radical (unpaired) electrons. The van der Waals surface area contributed by atoms with Crippen LogP contribution in [0.1, 0.15) is 18.1 Å². The summed E-state index contributed by atoms with van der Waals surface area (Å²) >= 11 is 0. The fraction of sp³-hybridized carbons (Fsp3) is 0.333. The van der Waals surface area contributed by atoms with Crippen LogP contribution in [-0.2, 0) is 13.0 Å². The van der Waals surface area contributed by atoms with Gasteiger partial charge < -0.3 is 5.73 Å². The predicted octanol–water partition coefficient (Wildman–Crippen LogP) is 1.85. The van der Waals surface area contributed by atoms with Crippen LogP contribution in [-0.4, -0.2) is 0 Å². The van der Waals surface area contributed by atoms with Crippen LogP contribution < -0.4 is 5.73 Å². The Labute approximate surface area is 66.0 Å². The number of aryl methyl sites for hydroxylation is 1. The van der Waals surface area contributed by atoms with Crippen molar-refractivity contribution in [3.63, 3.8) is 0 Å². The van der Waals surface area contributed by atoms with Crippen molar-refractivity contribution in [3.05, 3.63) is 35.1 Å². The molecule has 60 valence electrons. The maximum Gasteiger partial charge on any atom is 0.130 e. The van der Waals surface area contributed by atoms with Gasteiger partial charge in [-0.3, -0.25) is 0 Å². The fourth-order valence-electron chi connectivity index (χ4n) is 1.06. The highest BCUT2D eigenvalue weighted by Gasteiger charge is 2.03. The number of hydrogen-bond donors (Lipinski definition) is 1. The van der Waals surface area contributed by atoms with E-state index in [-0.39, 0.29) is 12.4 Å². The third-order valence-electron chi connectivity index (χ3n) is 1.76. The van der Waals surface area contributed by atoms with E-state index in [1.807, 2.05) is 13.0 Å². The molecule has 0 aliphatic heterocycles. The molecule has 1 aromatic carbocycles. The molecule has 11 heavy (non-hydrogen) atoms. The minimum absolute atomic E-state index is 0.141. The van der Waals surface area contributed by atoms with E-state index >= 15 is 0 Å². The molecule has 0 saturated carbocycles. The summed E-state index contributed by atoms with van der Waals surface area (Å²) in [5.74, 6) is -0.141. The fourth-order valence-corrected chi connectivity index (χ4v) is 1.06. The molecule has 0 atom stereocenters. The maximum absolute atomic E-state index is 13.2. The monoisotopic (exact) mass is 153 g/mol. The first-order valence-corrected chi connectivity index (χ1v) is 3.76. The molecular weight excluding hydrogens is 141 g/mol. The molecule has 0 aromatic heterocycles. The van der Waals surface area contributed by atoms with E-state index in [2.05, 4.69) is 0 Å². The van der Waals surface area contributed by atoms with Crippen LogP contribution >= 0.6 is 0 Å². The van der Waals surface area contributed by atoms with Crippen molar-refractivity contribution in [2.24, 2.45) is 5.73 Å². The van der Waals surface area contributed by atoms with Crippen molar-refractivity contribution < 1.29 is 4.39 Å². The average molecular weight is 153 g/mol. The minimum Gasteiger partial charge on any atom is -0.326 e. The third kappa shape index (κ3) is 1.57. The van der Waals surface area contributed by atoms with Gasteiger partial charge in [0.1, 0.15) is 5.82 Å². The van der Waals surface area contributed by atoms with Crippen LogP contribution in [0, 0.1) is 5.82 Å². The Hall–Kier alpha value is -0.890. The second-order valence-corrected chi connectivity index (χ2v) is 2.45. The number of rotatable bonds is 2. The van der Waals surface area contributed by atoms with Gasteiger partial charge in [0.25, 0.3) is 0 Å². The summed E-state index contributed by atoms with van der Waals surface area (Å²) in [6, 6.07) is 5.34. The van der Waals surface area contributed by atoms with E-state index in [4.69, 9.17) is 5.73 Å². The Kier molecular flexibility index (Phi) is 2.60. The van der Waals surface area contributed by atoms with Gasteiger partial charge in [-0.2, -0.15) is 0 Å². The zero-order chi connectivity index (χ0) is 8.27. The summed E-state index contributed by atoms with van der Waals surface area (Å²) in [5.41, 5.74) is 6.68. The zero-order valence-corrected chi connectivity index (χ0v) is 6.60. The van der Waals surface area contributed by atoms with Gasteiger partial charge in [-0.25, -0.2) is 4.39 Å². The lowest BCUT2D eigenvalue weighted by molar-refractivity contribution is 0.595. The highest BCUT2D eigenvalue weighted by molar-refractivity contribution is 5.25. The van der Waals surface area contributed by atoms with Gasteiger partial charge in [-0.15, -0.1) is 0 Å². The minimum atomic E-state index is -0.141. The number of nitrogens with two attached hydrogens (primary N) is 1. The van der Waals surface area contributed by atoms with Crippen LogP contribution in [0.4, 0.5) is 4.39 Å². The number of halogens is 1. The van der Waals surface area contributed by atoms with Crippen molar-refractivity contribution in [3.8, 4) is 0 Å². The van der Waals surface area contributed by atoms with E-state index in [0.717, 1.165) is 12.0 Å². The molecule has 0 fully saturated rings. The van der Waals surface area contributed by atoms with Gasteiger partial charge in [0, 0.05) is 12.1 Å². The second-order valence-electron chi connectivity index (χ2n) is 2.45. The lowest BCUT2D eigenvalue weighted by Gasteiger charge is -2.03. The molecule has 0 amide bonds. The summed E-state index contributed by atoms with van der Waals surface area (Å²) < 4.78 is 13.2. The molecule has 0 aliphatic carbocycles.